The van der Waals surface area contributed by atoms with Gasteiger partial charge in [0.2, 0.25) is 0 Å². The van der Waals surface area contributed by atoms with Gasteiger partial charge in [-0.25, -0.2) is 0 Å². The van der Waals surface area contributed by atoms with Crippen molar-refractivity contribution in [3.8, 4) is 11.1 Å². The number of hydrogen-bond donors (Lipinski definition) is 0. The van der Waals surface area contributed by atoms with Gasteiger partial charge in [-0.15, -0.1) is 0 Å². The Morgan fingerprint density at radius 2 is 0.831 bits per heavy atom. The normalized spacial score (nSPS) is 15.0. The summed E-state index contributed by atoms with van der Waals surface area (Å²) in [5, 5.41) is 5.06. The molecule has 0 radical (unpaired) electrons. The number of nitrogens with zero attached hydrogens (tertiary/aromatic N) is 3. The molecule has 3 heteroatoms. The molecular formula is C68H55N3. The summed E-state index contributed by atoms with van der Waals surface area (Å²) in [6, 6.07) is 83.1. The third-order valence-corrected chi connectivity index (χ3v) is 15.7. The van der Waals surface area contributed by atoms with Crippen LogP contribution < -0.4 is 14.7 Å². The van der Waals surface area contributed by atoms with Gasteiger partial charge < -0.3 is 14.7 Å². The summed E-state index contributed by atoms with van der Waals surface area (Å²) in [5.41, 5.74) is 20.5. The van der Waals surface area contributed by atoms with Gasteiger partial charge in [0.25, 0.3) is 0 Å². The topological polar surface area (TPSA) is 9.72 Å². The van der Waals surface area contributed by atoms with Crippen LogP contribution in [0.4, 0.5) is 45.5 Å². The largest absolute Gasteiger partial charge is 0.314 e. The minimum absolute atomic E-state index is 0.268. The van der Waals surface area contributed by atoms with E-state index in [4.69, 9.17) is 0 Å². The van der Waals surface area contributed by atoms with Crippen LogP contribution in [0, 0.1) is 0 Å². The van der Waals surface area contributed by atoms with Crippen molar-refractivity contribution in [2.75, 3.05) is 14.7 Å². The van der Waals surface area contributed by atoms with E-state index in [2.05, 4.69) is 279 Å². The zero-order valence-electron chi connectivity index (χ0n) is 40.8. The highest BCUT2D eigenvalue weighted by atomic mass is 15.2. The first-order valence-electron chi connectivity index (χ1n) is 25.1. The monoisotopic (exact) mass is 913 g/mol. The minimum Gasteiger partial charge on any atom is -0.314 e. The molecule has 13 rings (SSSR count). The lowest BCUT2D eigenvalue weighted by molar-refractivity contribution is 0.597. The third-order valence-electron chi connectivity index (χ3n) is 15.7. The molecule has 2 aliphatic heterocycles. The molecule has 0 saturated heterocycles. The van der Waals surface area contributed by atoms with E-state index in [1.54, 1.807) is 0 Å². The van der Waals surface area contributed by atoms with Crippen LogP contribution in [0.2, 0.25) is 0 Å². The van der Waals surface area contributed by atoms with Crippen LogP contribution in [0.3, 0.4) is 0 Å². The minimum atomic E-state index is -0.376. The second-order valence-corrected chi connectivity index (χ2v) is 20.6. The second kappa shape index (κ2) is 16.6. The fraction of sp³-hybridized carbons (Fsp3) is 0.118. The van der Waals surface area contributed by atoms with Crippen LogP contribution in [-0.2, 0) is 10.8 Å². The van der Waals surface area contributed by atoms with Gasteiger partial charge in [-0.2, -0.15) is 0 Å². The van der Waals surface area contributed by atoms with Gasteiger partial charge >= 0.3 is 0 Å². The molecule has 0 amide bonds. The zero-order chi connectivity index (χ0) is 47.8. The van der Waals surface area contributed by atoms with E-state index in [0.717, 1.165) is 29.9 Å². The molecular weight excluding hydrogens is 859 g/mol. The highest BCUT2D eigenvalue weighted by molar-refractivity contribution is 5.96. The lowest BCUT2D eigenvalue weighted by Crippen LogP contribution is -2.38. The molecule has 342 valence electrons. The maximum Gasteiger partial charge on any atom is 0.0545 e. The molecule has 0 aromatic heterocycles. The zero-order valence-corrected chi connectivity index (χ0v) is 40.8. The Bertz CT molecular complexity index is 3770. The van der Waals surface area contributed by atoms with Crippen LogP contribution >= 0.6 is 0 Å². The van der Waals surface area contributed by atoms with Crippen LogP contribution in [0.1, 0.15) is 68.4 Å². The van der Waals surface area contributed by atoms with Crippen molar-refractivity contribution in [3.63, 3.8) is 0 Å². The van der Waals surface area contributed by atoms with Crippen LogP contribution in [0.25, 0.3) is 38.2 Å². The van der Waals surface area contributed by atoms with E-state index in [9.17, 15) is 0 Å². The Morgan fingerprint density at radius 3 is 1.48 bits per heavy atom. The summed E-state index contributed by atoms with van der Waals surface area (Å²) in [7, 11) is 0. The highest BCUT2D eigenvalue weighted by Gasteiger charge is 2.46. The Morgan fingerprint density at radius 1 is 0.338 bits per heavy atom. The van der Waals surface area contributed by atoms with Gasteiger partial charge in [0.05, 0.1) is 17.1 Å². The van der Waals surface area contributed by atoms with Gasteiger partial charge in [0.15, 0.2) is 0 Å². The quantitative estimate of drug-likeness (QED) is 0.150. The Kier molecular flexibility index (Phi) is 10.0. The van der Waals surface area contributed by atoms with Crippen molar-refractivity contribution in [3.05, 3.63) is 270 Å². The molecule has 0 N–H and O–H groups in total. The Labute approximate surface area is 417 Å². The lowest BCUT2D eigenvalue weighted by atomic mass is 9.66. The molecule has 0 spiro atoms. The lowest BCUT2D eigenvalue weighted by Gasteiger charge is -2.50. The van der Waals surface area contributed by atoms with Crippen molar-refractivity contribution in [1.82, 2.24) is 0 Å². The molecule has 0 fully saturated rings. The number of anilines is 8. The average Bonchev–Trinajstić information content (AvgIpc) is 3.42. The molecule has 3 aliphatic rings. The Balaban J connectivity index is 0.957. The van der Waals surface area contributed by atoms with Crippen molar-refractivity contribution in [2.45, 2.75) is 51.4 Å². The van der Waals surface area contributed by atoms with Crippen molar-refractivity contribution >= 4 is 72.6 Å². The maximum atomic E-state index is 2.58. The number of benzene rings is 10. The molecule has 71 heavy (non-hydrogen) atoms. The molecule has 0 unspecified atom stereocenters. The van der Waals surface area contributed by atoms with Crippen molar-refractivity contribution < 1.29 is 0 Å². The molecule has 3 nitrogen and oxygen atoms in total. The first-order valence-corrected chi connectivity index (χ1v) is 25.1. The second-order valence-electron chi connectivity index (χ2n) is 20.6. The van der Waals surface area contributed by atoms with Gasteiger partial charge in [-0.3, -0.25) is 0 Å². The predicted octanol–water partition coefficient (Wildman–Crippen LogP) is 18.8. The van der Waals surface area contributed by atoms with Crippen LogP contribution in [0.15, 0.2) is 242 Å². The van der Waals surface area contributed by atoms with Crippen molar-refractivity contribution in [1.29, 1.82) is 0 Å². The summed E-state index contributed by atoms with van der Waals surface area (Å²) in [6.07, 6.45) is 6.62. The highest BCUT2D eigenvalue weighted by Crippen LogP contribution is 2.62. The van der Waals surface area contributed by atoms with E-state index >= 15 is 0 Å². The number of fused-ring (bicyclic) bond motifs is 6. The molecule has 0 bridgehead atoms. The summed E-state index contributed by atoms with van der Waals surface area (Å²) >= 11 is 0. The predicted molar refractivity (Wildman–Crippen MR) is 301 cm³/mol. The number of hydrogen-bond acceptors (Lipinski definition) is 3. The molecule has 1 aliphatic carbocycles. The Hall–Kier alpha value is -8.40. The van der Waals surface area contributed by atoms with E-state index in [1.165, 1.54) is 100 Å². The fourth-order valence-electron chi connectivity index (χ4n) is 11.9. The summed E-state index contributed by atoms with van der Waals surface area (Å²) < 4.78 is 0. The van der Waals surface area contributed by atoms with Crippen LogP contribution in [-0.4, -0.2) is 0 Å². The third kappa shape index (κ3) is 7.10. The van der Waals surface area contributed by atoms with Gasteiger partial charge in [0.1, 0.15) is 0 Å². The first kappa shape index (κ1) is 42.7. The van der Waals surface area contributed by atoms with E-state index < -0.39 is 0 Å². The van der Waals surface area contributed by atoms with Gasteiger partial charge in [-0.1, -0.05) is 173 Å². The van der Waals surface area contributed by atoms with Gasteiger partial charge in [0, 0.05) is 45.0 Å². The fourth-order valence-corrected chi connectivity index (χ4v) is 11.9. The molecule has 2 heterocycles. The molecule has 10 aromatic carbocycles. The SMILES string of the molecule is CC1(C)c2ccccc2N2c3ccc(N(c4ccccc4)c4ccc(-c5ccc6ccccc6c5)cc4)cc3C(C)(C)c3cc(N(C4=CC=C(c5ccc6ccccc6c5)CC4)c4ccccc4)cc1c32. The van der Waals surface area contributed by atoms with E-state index in [-0.39, 0.29) is 10.8 Å². The number of allylic oxidation sites excluding steroid dienone is 4. The number of rotatable bonds is 8. The smallest absolute Gasteiger partial charge is 0.0545 e. The van der Waals surface area contributed by atoms with Crippen molar-refractivity contribution in [2.24, 2.45) is 0 Å². The summed E-state index contributed by atoms with van der Waals surface area (Å²) in [6.45, 7) is 9.72. The summed E-state index contributed by atoms with van der Waals surface area (Å²) in [4.78, 5) is 7.53. The molecule has 0 saturated carbocycles. The molecule has 10 aromatic rings. The average molecular weight is 914 g/mol. The van der Waals surface area contributed by atoms with E-state index in [0.29, 0.717) is 0 Å². The van der Waals surface area contributed by atoms with E-state index in [1.807, 2.05) is 0 Å². The standard InChI is InChI=1S/C68H55N3/c1-67(2)60-25-15-16-26-64(60)71-65-40-39-58(69(54-21-7-5-8-22-54)56-35-31-48(32-36-56)52-29-27-46-17-11-13-19-50(46)41-52)43-61(65)68(3,4)63-45-59(44-62(67)66(63)71)70(55-23-9-6-10-24-55)57-37-33-49(34-38-57)53-30-28-47-18-12-14-20-51(47)42-53/h5-33,35-37,39-45H,34,38H2,1-4H3. The maximum absolute atomic E-state index is 2.58. The first-order chi connectivity index (χ1) is 34.7. The molecule has 0 atom stereocenters. The number of para-hydroxylation sites is 3. The van der Waals surface area contributed by atoms with Crippen LogP contribution in [0.5, 0.6) is 0 Å². The van der Waals surface area contributed by atoms with Gasteiger partial charge in [-0.05, 0) is 170 Å². The summed E-state index contributed by atoms with van der Waals surface area (Å²) in [5.74, 6) is 0.